The summed E-state index contributed by atoms with van der Waals surface area (Å²) in [6, 6.07) is 4.82. The van der Waals surface area contributed by atoms with Crippen molar-refractivity contribution in [2.75, 3.05) is 69.2 Å². The molecule has 1 atom stereocenters. The van der Waals surface area contributed by atoms with Gasteiger partial charge in [-0.25, -0.2) is 8.42 Å². The molecule has 1 unspecified atom stereocenters. The predicted molar refractivity (Wildman–Crippen MR) is 126 cm³/mol. The van der Waals surface area contributed by atoms with Crippen molar-refractivity contribution in [3.63, 3.8) is 0 Å². The van der Waals surface area contributed by atoms with Crippen molar-refractivity contribution in [2.24, 2.45) is 0 Å². The van der Waals surface area contributed by atoms with Crippen LogP contribution in [0.5, 0.6) is 0 Å². The predicted octanol–water partition coefficient (Wildman–Crippen LogP) is 0.951. The lowest BCUT2D eigenvalue weighted by Crippen LogP contribution is -2.58. The molecule has 5 rings (SSSR count). The first kappa shape index (κ1) is 22.6. The first-order chi connectivity index (χ1) is 15.9. The van der Waals surface area contributed by atoms with Gasteiger partial charge in [0.2, 0.25) is 21.8 Å². The highest BCUT2D eigenvalue weighted by molar-refractivity contribution is 7.89. The molecule has 33 heavy (non-hydrogen) atoms. The summed E-state index contributed by atoms with van der Waals surface area (Å²) in [5.74, 6) is -0.181. The molecule has 1 aromatic rings. The van der Waals surface area contributed by atoms with Crippen molar-refractivity contribution < 1.29 is 18.0 Å². The number of sulfonamides is 1. The third kappa shape index (κ3) is 4.13. The maximum atomic E-state index is 13.6. The molecule has 0 aliphatic carbocycles. The van der Waals surface area contributed by atoms with E-state index in [2.05, 4.69) is 9.80 Å². The molecule has 9 nitrogen and oxygen atoms in total. The van der Waals surface area contributed by atoms with Gasteiger partial charge in [-0.1, -0.05) is 0 Å². The Hall–Kier alpha value is -2.17. The van der Waals surface area contributed by atoms with Crippen LogP contribution in [0.25, 0.3) is 0 Å². The molecule has 2 amide bonds. The van der Waals surface area contributed by atoms with E-state index in [9.17, 15) is 18.0 Å². The van der Waals surface area contributed by atoms with Crippen LogP contribution in [0.15, 0.2) is 23.1 Å². The lowest BCUT2D eigenvalue weighted by molar-refractivity contribution is -0.133. The van der Waals surface area contributed by atoms with E-state index in [0.717, 1.165) is 57.4 Å². The standard InChI is InChI=1S/C23H33N5O4S/c1-24-12-14-25(15-13-24)22(29)17-28-21-16-18(33(31,32)26-9-4-5-10-26)7-8-19(21)27-11-3-2-6-20(27)23(28)30/h7-8,16,20H,2-6,9-15,17H2,1H3. The molecule has 1 aromatic carbocycles. The molecular weight excluding hydrogens is 442 g/mol. The first-order valence-electron chi connectivity index (χ1n) is 12.0. The van der Waals surface area contributed by atoms with E-state index in [0.29, 0.717) is 31.9 Å². The Morgan fingerprint density at radius 2 is 1.64 bits per heavy atom. The fourth-order valence-electron chi connectivity index (χ4n) is 5.43. The Morgan fingerprint density at radius 1 is 0.939 bits per heavy atom. The topological polar surface area (TPSA) is 84.5 Å². The smallest absolute Gasteiger partial charge is 0.250 e. The summed E-state index contributed by atoms with van der Waals surface area (Å²) in [6.45, 7) is 4.67. The summed E-state index contributed by atoms with van der Waals surface area (Å²) in [5, 5.41) is 0. The molecule has 180 valence electrons. The summed E-state index contributed by atoms with van der Waals surface area (Å²) in [7, 11) is -1.59. The van der Waals surface area contributed by atoms with Gasteiger partial charge in [0.25, 0.3) is 0 Å². The number of hydrogen-bond acceptors (Lipinski definition) is 6. The third-order valence-corrected chi connectivity index (χ3v) is 9.35. The molecule has 3 fully saturated rings. The molecule has 0 radical (unpaired) electrons. The van der Waals surface area contributed by atoms with Crippen molar-refractivity contribution >= 4 is 33.2 Å². The number of amides is 2. The van der Waals surface area contributed by atoms with Crippen LogP contribution in [-0.2, 0) is 19.6 Å². The van der Waals surface area contributed by atoms with Gasteiger partial charge >= 0.3 is 0 Å². The Kier molecular flexibility index (Phi) is 6.09. The summed E-state index contributed by atoms with van der Waals surface area (Å²) in [4.78, 5) is 34.5. The van der Waals surface area contributed by atoms with Gasteiger partial charge in [0.05, 0.1) is 16.3 Å². The first-order valence-corrected chi connectivity index (χ1v) is 13.5. The van der Waals surface area contributed by atoms with Crippen LogP contribution in [-0.4, -0.2) is 99.8 Å². The number of hydrogen-bond donors (Lipinski definition) is 0. The fraction of sp³-hybridized carbons (Fsp3) is 0.652. The number of likely N-dealkylation sites (N-methyl/N-ethyl adjacent to an activating group) is 1. The Balaban J connectivity index is 1.49. The Morgan fingerprint density at radius 3 is 2.36 bits per heavy atom. The van der Waals surface area contributed by atoms with Crippen LogP contribution in [0.1, 0.15) is 32.1 Å². The molecule has 10 heteroatoms. The number of fused-ring (bicyclic) bond motifs is 3. The zero-order valence-electron chi connectivity index (χ0n) is 19.3. The van der Waals surface area contributed by atoms with E-state index < -0.39 is 10.0 Å². The van der Waals surface area contributed by atoms with Gasteiger partial charge in [0.15, 0.2) is 0 Å². The van der Waals surface area contributed by atoms with Gasteiger partial charge in [-0.3, -0.25) is 14.5 Å². The quantitative estimate of drug-likeness (QED) is 0.645. The average Bonchev–Trinajstić information content (AvgIpc) is 3.38. The van der Waals surface area contributed by atoms with Crippen molar-refractivity contribution in [3.8, 4) is 0 Å². The Bertz CT molecular complexity index is 1030. The third-order valence-electron chi connectivity index (χ3n) is 7.45. The molecule has 0 bridgehead atoms. The molecule has 4 heterocycles. The van der Waals surface area contributed by atoms with Crippen molar-refractivity contribution in [2.45, 2.75) is 43.0 Å². The van der Waals surface area contributed by atoms with Crippen LogP contribution in [0, 0.1) is 0 Å². The van der Waals surface area contributed by atoms with Crippen LogP contribution in [0.4, 0.5) is 11.4 Å². The summed E-state index contributed by atoms with van der Waals surface area (Å²) < 4.78 is 28.0. The van der Waals surface area contributed by atoms with E-state index in [1.807, 2.05) is 18.0 Å². The number of piperidine rings is 1. The van der Waals surface area contributed by atoms with E-state index in [4.69, 9.17) is 0 Å². The molecule has 0 spiro atoms. The van der Waals surface area contributed by atoms with Gasteiger partial charge in [-0.15, -0.1) is 0 Å². The molecule has 0 aromatic heterocycles. The fourth-order valence-corrected chi connectivity index (χ4v) is 6.97. The van der Waals surface area contributed by atoms with Crippen LogP contribution < -0.4 is 9.80 Å². The average molecular weight is 476 g/mol. The second-order valence-corrected chi connectivity index (χ2v) is 11.5. The Labute approximate surface area is 195 Å². The van der Waals surface area contributed by atoms with Crippen LogP contribution >= 0.6 is 0 Å². The molecule has 0 saturated carbocycles. The highest BCUT2D eigenvalue weighted by Gasteiger charge is 2.41. The van der Waals surface area contributed by atoms with Gasteiger partial charge in [-0.2, -0.15) is 4.31 Å². The van der Waals surface area contributed by atoms with Gasteiger partial charge in [0.1, 0.15) is 12.6 Å². The van der Waals surface area contributed by atoms with Crippen molar-refractivity contribution in [1.82, 2.24) is 14.1 Å². The number of carbonyl (C=O) groups excluding carboxylic acids is 2. The normalized spacial score (nSPS) is 24.7. The zero-order valence-corrected chi connectivity index (χ0v) is 20.1. The maximum Gasteiger partial charge on any atom is 0.250 e. The largest absolute Gasteiger partial charge is 0.358 e. The van der Waals surface area contributed by atoms with E-state index in [1.54, 1.807) is 17.0 Å². The van der Waals surface area contributed by atoms with Gasteiger partial charge in [0, 0.05) is 45.8 Å². The molecule has 4 aliphatic rings. The summed E-state index contributed by atoms with van der Waals surface area (Å²) in [6.07, 6.45) is 4.46. The second kappa shape index (κ2) is 8.88. The molecule has 0 N–H and O–H groups in total. The summed E-state index contributed by atoms with van der Waals surface area (Å²) >= 11 is 0. The lowest BCUT2D eigenvalue weighted by Gasteiger charge is -2.45. The van der Waals surface area contributed by atoms with E-state index in [-0.39, 0.29) is 29.3 Å². The van der Waals surface area contributed by atoms with Gasteiger partial charge < -0.3 is 14.7 Å². The van der Waals surface area contributed by atoms with E-state index >= 15 is 0 Å². The summed E-state index contributed by atoms with van der Waals surface area (Å²) in [5.41, 5.74) is 1.40. The number of anilines is 2. The minimum absolute atomic E-state index is 0.0485. The molecule has 4 aliphatic heterocycles. The number of benzene rings is 1. The van der Waals surface area contributed by atoms with Crippen LogP contribution in [0.2, 0.25) is 0 Å². The van der Waals surface area contributed by atoms with Crippen molar-refractivity contribution in [1.29, 1.82) is 0 Å². The monoisotopic (exact) mass is 475 g/mol. The SMILES string of the molecule is CN1CCN(C(=O)CN2C(=O)C3CCCCN3c3ccc(S(=O)(=O)N4CCCC4)cc32)CC1. The number of rotatable bonds is 4. The zero-order chi connectivity index (χ0) is 23.2. The number of nitrogens with zero attached hydrogens (tertiary/aromatic N) is 5. The van der Waals surface area contributed by atoms with Crippen molar-refractivity contribution in [3.05, 3.63) is 18.2 Å². The highest BCUT2D eigenvalue weighted by Crippen LogP contribution is 2.41. The maximum absolute atomic E-state index is 13.6. The van der Waals surface area contributed by atoms with Crippen LogP contribution in [0.3, 0.4) is 0 Å². The van der Waals surface area contributed by atoms with Gasteiger partial charge in [-0.05, 0) is 57.4 Å². The number of carbonyl (C=O) groups is 2. The highest BCUT2D eigenvalue weighted by atomic mass is 32.2. The minimum atomic E-state index is -3.62. The minimum Gasteiger partial charge on any atom is -0.358 e. The number of piperazine rings is 1. The second-order valence-electron chi connectivity index (χ2n) is 9.58. The van der Waals surface area contributed by atoms with E-state index in [1.165, 1.54) is 4.31 Å². The lowest BCUT2D eigenvalue weighted by atomic mass is 9.96. The molecular formula is C23H33N5O4S. The molecule has 3 saturated heterocycles.